The van der Waals surface area contributed by atoms with Crippen molar-refractivity contribution in [1.82, 2.24) is 25.1 Å². The monoisotopic (exact) mass is 512 g/mol. The number of halogens is 2. The lowest BCUT2D eigenvalue weighted by Gasteiger charge is -2.22. The Morgan fingerprint density at radius 1 is 1.29 bits per heavy atom. The van der Waals surface area contributed by atoms with Gasteiger partial charge in [0, 0.05) is 46.4 Å². The van der Waals surface area contributed by atoms with Crippen molar-refractivity contribution in [2.24, 2.45) is 0 Å². The maximum Gasteiger partial charge on any atom is 0.199 e. The topological polar surface area (TPSA) is 87.6 Å². The molecule has 35 heavy (non-hydrogen) atoms. The predicted molar refractivity (Wildman–Crippen MR) is 140 cm³/mol. The molecule has 0 unspecified atom stereocenters. The van der Waals surface area contributed by atoms with Gasteiger partial charge in [0.05, 0.1) is 28.5 Å². The average Bonchev–Trinajstić information content (AvgIpc) is 3.53. The van der Waals surface area contributed by atoms with Crippen LogP contribution >= 0.6 is 23.5 Å². The van der Waals surface area contributed by atoms with Crippen LogP contribution in [0.2, 0.25) is 5.02 Å². The van der Waals surface area contributed by atoms with Gasteiger partial charge in [-0.15, -0.1) is 0 Å². The third-order valence-corrected chi connectivity index (χ3v) is 7.57. The quantitative estimate of drug-likeness (QED) is 0.156. The van der Waals surface area contributed by atoms with E-state index in [-0.39, 0.29) is 10.6 Å². The van der Waals surface area contributed by atoms with Crippen LogP contribution in [0.1, 0.15) is 48.1 Å². The first-order valence-corrected chi connectivity index (χ1v) is 13.1. The Kier molecular flexibility index (Phi) is 7.08. The molecular weight excluding hydrogens is 487 g/mol. The summed E-state index contributed by atoms with van der Waals surface area (Å²) in [6.07, 6.45) is 10.2. The number of fused-ring (bicyclic) bond motifs is 1. The summed E-state index contributed by atoms with van der Waals surface area (Å²) < 4.78 is 19.9. The Balaban J connectivity index is 1.47. The summed E-state index contributed by atoms with van der Waals surface area (Å²) in [5.41, 5.74) is 2.98. The molecule has 5 rings (SSSR count). The lowest BCUT2D eigenvalue weighted by atomic mass is 10.0. The molecule has 0 amide bonds. The van der Waals surface area contributed by atoms with E-state index in [4.69, 9.17) is 11.6 Å². The molecule has 0 bridgehead atoms. The number of hydrogen-bond acceptors (Lipinski definition) is 6. The number of carbonyl (C=O) groups excluding carboxylic acids is 1. The maximum atomic E-state index is 14.8. The lowest BCUT2D eigenvalue weighted by molar-refractivity contribution is 0.103. The molecule has 10 heteroatoms. The Morgan fingerprint density at radius 2 is 2.11 bits per heavy atom. The van der Waals surface area contributed by atoms with E-state index >= 15 is 0 Å². The first kappa shape index (κ1) is 23.8. The lowest BCUT2D eigenvalue weighted by Crippen LogP contribution is -2.29. The number of benzene rings is 1. The van der Waals surface area contributed by atoms with E-state index in [0.717, 1.165) is 49.2 Å². The molecule has 0 atom stereocenters. The molecule has 0 aliphatic carbocycles. The number of ketones is 1. The smallest absolute Gasteiger partial charge is 0.199 e. The summed E-state index contributed by atoms with van der Waals surface area (Å²) in [6.45, 7) is 4.03. The third-order valence-electron chi connectivity index (χ3n) is 6.20. The summed E-state index contributed by atoms with van der Waals surface area (Å²) in [7, 11) is 0. The Labute approximate surface area is 212 Å². The summed E-state index contributed by atoms with van der Waals surface area (Å²) in [5.74, 6) is -0.290. The van der Waals surface area contributed by atoms with Crippen molar-refractivity contribution in [1.29, 1.82) is 0 Å². The number of piperidine rings is 1. The molecule has 7 nitrogen and oxygen atoms in total. The SMILES string of the molecule is CCCSNc1ccc(F)c(C(=O)c2c[nH]c3ncc(-c4cnn(C5CCNCC5)c4)cc23)c1Cl. The zero-order valence-corrected chi connectivity index (χ0v) is 20.8. The van der Waals surface area contributed by atoms with Crippen molar-refractivity contribution in [2.45, 2.75) is 32.2 Å². The Hall–Kier alpha value is -2.88. The van der Waals surface area contributed by atoms with Gasteiger partial charge in [0.15, 0.2) is 5.78 Å². The van der Waals surface area contributed by atoms with Crippen molar-refractivity contribution in [3.8, 4) is 11.1 Å². The van der Waals surface area contributed by atoms with E-state index in [1.807, 2.05) is 23.1 Å². The summed E-state index contributed by atoms with van der Waals surface area (Å²) in [5, 5.41) is 8.61. The second kappa shape index (κ2) is 10.4. The number of anilines is 1. The van der Waals surface area contributed by atoms with Crippen LogP contribution < -0.4 is 10.0 Å². The first-order chi connectivity index (χ1) is 17.1. The van der Waals surface area contributed by atoms with Crippen LogP contribution in [-0.2, 0) is 0 Å². The van der Waals surface area contributed by atoms with Gasteiger partial charge in [-0.25, -0.2) is 9.37 Å². The molecule has 0 spiro atoms. The normalized spacial score (nSPS) is 14.5. The highest BCUT2D eigenvalue weighted by atomic mass is 35.5. The molecule has 0 saturated carbocycles. The maximum absolute atomic E-state index is 14.8. The third kappa shape index (κ3) is 4.80. The minimum absolute atomic E-state index is 0.0697. The molecule has 1 fully saturated rings. The van der Waals surface area contributed by atoms with Gasteiger partial charge in [-0.2, -0.15) is 5.10 Å². The van der Waals surface area contributed by atoms with Gasteiger partial charge in [-0.05, 0) is 50.6 Å². The summed E-state index contributed by atoms with van der Waals surface area (Å²) >= 11 is 7.94. The van der Waals surface area contributed by atoms with Gasteiger partial charge >= 0.3 is 0 Å². The van der Waals surface area contributed by atoms with Gasteiger partial charge in [0.2, 0.25) is 0 Å². The minimum atomic E-state index is -0.659. The predicted octanol–water partition coefficient (Wildman–Crippen LogP) is 5.84. The van der Waals surface area contributed by atoms with Crippen LogP contribution in [0.4, 0.5) is 10.1 Å². The molecule has 3 aromatic heterocycles. The van der Waals surface area contributed by atoms with Crippen LogP contribution in [0, 0.1) is 5.82 Å². The van der Waals surface area contributed by atoms with Crippen LogP contribution in [0.15, 0.2) is 43.0 Å². The van der Waals surface area contributed by atoms with Gasteiger partial charge in [0.1, 0.15) is 11.5 Å². The van der Waals surface area contributed by atoms with Crippen molar-refractivity contribution < 1.29 is 9.18 Å². The number of nitrogens with one attached hydrogen (secondary N) is 3. The van der Waals surface area contributed by atoms with E-state index in [0.29, 0.717) is 28.3 Å². The van der Waals surface area contributed by atoms with Crippen molar-refractivity contribution in [3.05, 3.63) is 65.0 Å². The van der Waals surface area contributed by atoms with Crippen molar-refractivity contribution in [2.75, 3.05) is 23.6 Å². The molecule has 1 aliphatic rings. The first-order valence-electron chi connectivity index (χ1n) is 11.7. The van der Waals surface area contributed by atoms with Gasteiger partial charge in [0.25, 0.3) is 0 Å². The number of nitrogens with zero attached hydrogens (tertiary/aromatic N) is 3. The number of hydrogen-bond donors (Lipinski definition) is 3. The number of aromatic nitrogens is 4. The minimum Gasteiger partial charge on any atom is -0.345 e. The van der Waals surface area contributed by atoms with Crippen molar-refractivity contribution in [3.63, 3.8) is 0 Å². The zero-order chi connectivity index (χ0) is 24.4. The van der Waals surface area contributed by atoms with Crippen LogP contribution in [-0.4, -0.2) is 44.4 Å². The number of H-pyrrole nitrogens is 1. The standard InChI is InChI=1S/C25H26ClFN6OS/c1-2-9-35-32-21-4-3-20(27)22(23(21)26)24(34)19-13-30-25-18(19)10-15(11-29-25)16-12-31-33(14-16)17-5-7-28-8-6-17/h3-4,10-14,17,28,32H,2,5-9H2,1H3,(H,29,30). The highest BCUT2D eigenvalue weighted by Gasteiger charge is 2.24. The van der Waals surface area contributed by atoms with E-state index in [1.54, 1.807) is 18.5 Å². The molecule has 3 N–H and O–H groups in total. The number of carbonyl (C=O) groups is 1. The summed E-state index contributed by atoms with van der Waals surface area (Å²) in [6, 6.07) is 5.07. The molecule has 4 heterocycles. The van der Waals surface area contributed by atoms with E-state index in [9.17, 15) is 9.18 Å². The number of pyridine rings is 1. The largest absolute Gasteiger partial charge is 0.345 e. The molecule has 4 aromatic rings. The number of rotatable bonds is 8. The average molecular weight is 513 g/mol. The number of aromatic amines is 1. The van der Waals surface area contributed by atoms with E-state index in [1.165, 1.54) is 18.0 Å². The molecule has 0 radical (unpaired) electrons. The zero-order valence-electron chi connectivity index (χ0n) is 19.3. The van der Waals surface area contributed by atoms with Crippen molar-refractivity contribution >= 4 is 46.1 Å². The van der Waals surface area contributed by atoms with Crippen LogP contribution in [0.25, 0.3) is 22.2 Å². The van der Waals surface area contributed by atoms with Crippen LogP contribution in [0.3, 0.4) is 0 Å². The highest BCUT2D eigenvalue weighted by molar-refractivity contribution is 8.00. The second-order valence-electron chi connectivity index (χ2n) is 8.58. The molecule has 1 aliphatic heterocycles. The molecule has 182 valence electrons. The van der Waals surface area contributed by atoms with Crippen LogP contribution in [0.5, 0.6) is 0 Å². The fourth-order valence-electron chi connectivity index (χ4n) is 4.31. The second-order valence-corrected chi connectivity index (χ2v) is 9.86. The molecular formula is C25H26ClFN6OS. The van der Waals surface area contributed by atoms with Gasteiger partial charge in [-0.3, -0.25) is 9.48 Å². The molecule has 1 saturated heterocycles. The van der Waals surface area contributed by atoms with Gasteiger partial charge < -0.3 is 15.0 Å². The van der Waals surface area contributed by atoms with E-state index < -0.39 is 11.6 Å². The Bertz CT molecular complexity index is 1360. The fraction of sp³-hybridized carbons (Fsp3) is 0.320. The Morgan fingerprint density at radius 3 is 2.91 bits per heavy atom. The molecule has 1 aromatic carbocycles. The summed E-state index contributed by atoms with van der Waals surface area (Å²) in [4.78, 5) is 21.0. The van der Waals surface area contributed by atoms with E-state index in [2.05, 4.69) is 32.0 Å². The van der Waals surface area contributed by atoms with Gasteiger partial charge in [-0.1, -0.05) is 30.5 Å². The highest BCUT2D eigenvalue weighted by Crippen LogP contribution is 2.34. The fourth-order valence-corrected chi connectivity index (χ4v) is 5.29.